The highest BCUT2D eigenvalue weighted by Crippen LogP contribution is 2.32. The third-order valence-corrected chi connectivity index (χ3v) is 3.10. The molecule has 0 aromatic rings. The lowest BCUT2D eigenvalue weighted by Gasteiger charge is -2.24. The van der Waals surface area contributed by atoms with Crippen LogP contribution in [0.2, 0.25) is 0 Å². The van der Waals surface area contributed by atoms with Crippen LogP contribution < -0.4 is 10.6 Å². The lowest BCUT2D eigenvalue weighted by Crippen LogP contribution is -2.39. The number of aliphatic imine (C=N–C) groups is 1. The molecule has 1 aliphatic heterocycles. The van der Waals surface area contributed by atoms with E-state index in [-0.39, 0.29) is 36.0 Å². The second-order valence-corrected chi connectivity index (χ2v) is 4.53. The highest BCUT2D eigenvalue weighted by molar-refractivity contribution is 14.0. The van der Waals surface area contributed by atoms with E-state index in [1.165, 1.54) is 0 Å². The minimum absolute atomic E-state index is 0. The molecule has 1 heterocycles. The number of nitrogens with zero attached hydrogens (tertiary/aromatic N) is 1. The standard InChI is InChI=1S/C13H23N3O2.HI/c1-3-7-15-12(14-4-2)16-10-13(5-8-17)6-9-18-11-13;/h1,17H,4-11H2,2H3,(H2,14,15,16);1H. The maximum atomic E-state index is 9.14. The molecule has 0 radical (unpaired) electrons. The van der Waals surface area contributed by atoms with E-state index < -0.39 is 0 Å². The Labute approximate surface area is 132 Å². The van der Waals surface area contributed by atoms with Gasteiger partial charge < -0.3 is 20.5 Å². The molecule has 1 aliphatic rings. The summed E-state index contributed by atoms with van der Waals surface area (Å²) in [5.74, 6) is 3.24. The Morgan fingerprint density at radius 2 is 2.32 bits per heavy atom. The average Bonchev–Trinajstić information content (AvgIpc) is 2.82. The fraction of sp³-hybridized carbons (Fsp3) is 0.769. The van der Waals surface area contributed by atoms with Crippen LogP contribution in [0, 0.1) is 17.8 Å². The van der Waals surface area contributed by atoms with Crippen molar-refractivity contribution in [1.82, 2.24) is 10.6 Å². The first kappa shape index (κ1) is 18.5. The second-order valence-electron chi connectivity index (χ2n) is 4.53. The number of ether oxygens (including phenoxy) is 1. The molecule has 1 fully saturated rings. The summed E-state index contributed by atoms with van der Waals surface area (Å²) >= 11 is 0. The second kappa shape index (κ2) is 10.3. The van der Waals surface area contributed by atoms with Gasteiger partial charge in [0.05, 0.1) is 19.7 Å². The van der Waals surface area contributed by atoms with Gasteiger partial charge >= 0.3 is 0 Å². The molecule has 0 spiro atoms. The Balaban J connectivity index is 0.00000324. The molecule has 5 nitrogen and oxygen atoms in total. The van der Waals surface area contributed by atoms with Crippen molar-refractivity contribution in [3.05, 3.63) is 0 Å². The zero-order valence-electron chi connectivity index (χ0n) is 11.4. The van der Waals surface area contributed by atoms with E-state index in [1.807, 2.05) is 6.92 Å². The van der Waals surface area contributed by atoms with Crippen molar-refractivity contribution < 1.29 is 9.84 Å². The van der Waals surface area contributed by atoms with Crippen molar-refractivity contribution >= 4 is 29.9 Å². The highest BCUT2D eigenvalue weighted by Gasteiger charge is 2.34. The normalized spacial score (nSPS) is 22.5. The summed E-state index contributed by atoms with van der Waals surface area (Å²) in [7, 11) is 0. The maximum Gasteiger partial charge on any atom is 0.192 e. The molecular weight excluding hydrogens is 357 g/mol. The Hall–Kier alpha value is -0.520. The maximum absolute atomic E-state index is 9.14. The summed E-state index contributed by atoms with van der Waals surface area (Å²) in [6.45, 7) is 5.50. The van der Waals surface area contributed by atoms with Crippen molar-refractivity contribution in [3.63, 3.8) is 0 Å². The number of hydrogen-bond acceptors (Lipinski definition) is 3. The number of aliphatic hydroxyl groups is 1. The van der Waals surface area contributed by atoms with Gasteiger partial charge in [-0.25, -0.2) is 0 Å². The van der Waals surface area contributed by atoms with E-state index in [4.69, 9.17) is 16.3 Å². The van der Waals surface area contributed by atoms with Gasteiger partial charge in [0.1, 0.15) is 0 Å². The van der Waals surface area contributed by atoms with Gasteiger partial charge in [-0.2, -0.15) is 0 Å². The first-order valence-electron chi connectivity index (χ1n) is 6.40. The zero-order chi connectivity index (χ0) is 13.3. The fourth-order valence-electron chi connectivity index (χ4n) is 2.01. The van der Waals surface area contributed by atoms with Gasteiger partial charge in [-0.15, -0.1) is 30.4 Å². The zero-order valence-corrected chi connectivity index (χ0v) is 13.8. The van der Waals surface area contributed by atoms with Crippen LogP contribution in [0.4, 0.5) is 0 Å². The Morgan fingerprint density at radius 1 is 1.53 bits per heavy atom. The van der Waals surface area contributed by atoms with E-state index in [0.29, 0.717) is 19.7 Å². The largest absolute Gasteiger partial charge is 0.396 e. The van der Waals surface area contributed by atoms with Crippen LogP contribution in [0.15, 0.2) is 4.99 Å². The molecule has 0 saturated carbocycles. The van der Waals surface area contributed by atoms with Crippen molar-refractivity contribution in [3.8, 4) is 12.3 Å². The van der Waals surface area contributed by atoms with Crippen molar-refractivity contribution in [2.24, 2.45) is 10.4 Å². The monoisotopic (exact) mass is 381 g/mol. The van der Waals surface area contributed by atoms with E-state index in [9.17, 15) is 0 Å². The highest BCUT2D eigenvalue weighted by atomic mass is 127. The minimum atomic E-state index is -0.0206. The fourth-order valence-corrected chi connectivity index (χ4v) is 2.01. The smallest absolute Gasteiger partial charge is 0.192 e. The Morgan fingerprint density at radius 3 is 2.84 bits per heavy atom. The van der Waals surface area contributed by atoms with Gasteiger partial charge in [-0.1, -0.05) is 5.92 Å². The van der Waals surface area contributed by atoms with Crippen LogP contribution in [-0.2, 0) is 4.74 Å². The van der Waals surface area contributed by atoms with E-state index in [0.717, 1.165) is 32.0 Å². The van der Waals surface area contributed by atoms with Crippen LogP contribution in [-0.4, -0.2) is 50.5 Å². The first-order chi connectivity index (χ1) is 8.76. The third kappa shape index (κ3) is 6.45. The molecule has 0 amide bonds. The van der Waals surface area contributed by atoms with Gasteiger partial charge in [-0.3, -0.25) is 4.99 Å². The van der Waals surface area contributed by atoms with E-state index in [1.54, 1.807) is 0 Å². The summed E-state index contributed by atoms with van der Waals surface area (Å²) < 4.78 is 5.43. The molecule has 110 valence electrons. The minimum Gasteiger partial charge on any atom is -0.396 e. The lowest BCUT2D eigenvalue weighted by molar-refractivity contribution is 0.131. The topological polar surface area (TPSA) is 65.9 Å². The van der Waals surface area contributed by atoms with E-state index in [2.05, 4.69) is 21.5 Å². The molecule has 19 heavy (non-hydrogen) atoms. The van der Waals surface area contributed by atoms with Gasteiger partial charge in [0, 0.05) is 25.2 Å². The SMILES string of the molecule is C#CCNC(=NCC1(CCO)CCOC1)NCC.I. The van der Waals surface area contributed by atoms with Gasteiger partial charge in [-0.05, 0) is 19.8 Å². The van der Waals surface area contributed by atoms with Crippen LogP contribution in [0.5, 0.6) is 0 Å². The van der Waals surface area contributed by atoms with Gasteiger partial charge in [0.15, 0.2) is 5.96 Å². The molecule has 6 heteroatoms. The van der Waals surface area contributed by atoms with Crippen molar-refractivity contribution in [1.29, 1.82) is 0 Å². The quantitative estimate of drug-likeness (QED) is 0.273. The summed E-state index contributed by atoms with van der Waals surface area (Å²) in [6.07, 6.45) is 6.89. The molecule has 0 bridgehead atoms. The first-order valence-corrected chi connectivity index (χ1v) is 6.40. The lowest BCUT2D eigenvalue weighted by atomic mass is 9.84. The van der Waals surface area contributed by atoms with Crippen molar-refractivity contribution in [2.45, 2.75) is 19.8 Å². The molecule has 0 aromatic heterocycles. The molecule has 1 unspecified atom stereocenters. The summed E-state index contributed by atoms with van der Waals surface area (Å²) in [4.78, 5) is 4.53. The molecule has 3 N–H and O–H groups in total. The molecular formula is C13H24IN3O2. The van der Waals surface area contributed by atoms with Crippen molar-refractivity contribution in [2.75, 3.05) is 39.5 Å². The number of terminal acetylenes is 1. The Bertz CT molecular complexity index is 310. The predicted molar refractivity (Wildman–Crippen MR) is 87.8 cm³/mol. The predicted octanol–water partition coefficient (Wildman–Crippen LogP) is 0.582. The number of halogens is 1. The number of hydrogen-bond donors (Lipinski definition) is 3. The molecule has 1 saturated heterocycles. The third-order valence-electron chi connectivity index (χ3n) is 3.10. The molecule has 0 aliphatic carbocycles. The molecule has 1 rings (SSSR count). The molecule has 0 aromatic carbocycles. The summed E-state index contributed by atoms with van der Waals surface area (Å²) in [6, 6.07) is 0. The number of guanidine groups is 1. The summed E-state index contributed by atoms with van der Waals surface area (Å²) in [5.41, 5.74) is -0.0206. The van der Waals surface area contributed by atoms with Crippen LogP contribution >= 0.6 is 24.0 Å². The number of aliphatic hydroxyl groups excluding tert-OH is 1. The van der Waals surface area contributed by atoms with Gasteiger partial charge in [0.2, 0.25) is 0 Å². The number of rotatable bonds is 6. The summed E-state index contributed by atoms with van der Waals surface area (Å²) in [5, 5.41) is 15.3. The Kier molecular flexibility index (Phi) is 10.0. The van der Waals surface area contributed by atoms with E-state index >= 15 is 0 Å². The average molecular weight is 381 g/mol. The number of nitrogens with one attached hydrogen (secondary N) is 2. The van der Waals surface area contributed by atoms with Crippen LogP contribution in [0.1, 0.15) is 19.8 Å². The van der Waals surface area contributed by atoms with Gasteiger partial charge in [0.25, 0.3) is 0 Å². The molecule has 1 atom stereocenters. The van der Waals surface area contributed by atoms with Crippen LogP contribution in [0.3, 0.4) is 0 Å². The van der Waals surface area contributed by atoms with Crippen LogP contribution in [0.25, 0.3) is 0 Å².